The lowest BCUT2D eigenvalue weighted by molar-refractivity contribution is 0.138. The van der Waals surface area contributed by atoms with Gasteiger partial charge in [-0.1, -0.05) is 25.6 Å². The van der Waals surface area contributed by atoms with E-state index >= 15 is 0 Å². The van der Waals surface area contributed by atoms with Gasteiger partial charge in [-0.05, 0) is 48.2 Å². The number of nitrogens with one attached hydrogen (secondary N) is 2. The van der Waals surface area contributed by atoms with E-state index in [1.54, 1.807) is 12.3 Å². The van der Waals surface area contributed by atoms with Crippen molar-refractivity contribution in [3.63, 3.8) is 0 Å². The second-order valence-electron chi connectivity index (χ2n) is 9.01. The van der Waals surface area contributed by atoms with E-state index in [4.69, 9.17) is 10.5 Å². The number of H-pyrrole nitrogens is 1. The molecule has 37 heavy (non-hydrogen) atoms. The number of allylic oxidation sites excluding steroid dienone is 1. The molecule has 0 radical (unpaired) electrons. The van der Waals surface area contributed by atoms with Gasteiger partial charge < -0.3 is 30.6 Å². The lowest BCUT2D eigenvalue weighted by atomic mass is 10.1. The average Bonchev–Trinajstić information content (AvgIpc) is 2.92. The standard InChI is InChI=1S/C28H35N7O2/c1-4-34-13-15-35(16-14-34)12-10-21-5-7-23(8-6-21)32-27-26-22(9-11-31-28(26)36)17-25(33-27)24(29)19-30-18-20(2)37-3/h5-9,11,17-19H,2,4,10,12-16,29H2,1,3H3,(H,31,36)(H,32,33)/b24-19-,30-18-. The van der Waals surface area contributed by atoms with Crippen molar-refractivity contribution in [2.24, 2.45) is 10.7 Å². The number of pyridine rings is 2. The molecule has 3 heterocycles. The van der Waals surface area contributed by atoms with Gasteiger partial charge in [0.05, 0.1) is 36.3 Å². The van der Waals surface area contributed by atoms with Crippen LogP contribution in [-0.2, 0) is 11.2 Å². The molecule has 0 spiro atoms. The van der Waals surface area contributed by atoms with E-state index in [0.29, 0.717) is 28.4 Å². The summed E-state index contributed by atoms with van der Waals surface area (Å²) >= 11 is 0. The Balaban J connectivity index is 1.50. The Morgan fingerprint density at radius 1 is 1.22 bits per heavy atom. The number of anilines is 2. The van der Waals surface area contributed by atoms with Gasteiger partial charge in [0.2, 0.25) is 0 Å². The maximum absolute atomic E-state index is 12.6. The summed E-state index contributed by atoms with van der Waals surface area (Å²) < 4.78 is 4.97. The zero-order valence-corrected chi connectivity index (χ0v) is 21.5. The fourth-order valence-electron chi connectivity index (χ4n) is 4.28. The van der Waals surface area contributed by atoms with Crippen molar-refractivity contribution in [1.29, 1.82) is 0 Å². The van der Waals surface area contributed by atoms with Crippen molar-refractivity contribution in [1.82, 2.24) is 19.8 Å². The molecule has 0 saturated carbocycles. The first-order valence-corrected chi connectivity index (χ1v) is 12.5. The van der Waals surface area contributed by atoms with Crippen LogP contribution in [-0.4, -0.2) is 72.4 Å². The van der Waals surface area contributed by atoms with Gasteiger partial charge in [0, 0.05) is 44.6 Å². The summed E-state index contributed by atoms with van der Waals surface area (Å²) in [6.45, 7) is 12.6. The molecule has 194 valence electrons. The highest BCUT2D eigenvalue weighted by molar-refractivity contribution is 5.94. The number of aliphatic imine (C=N–C) groups is 1. The Bertz CT molecular complexity index is 1340. The molecule has 4 rings (SSSR count). The normalized spacial score (nSPS) is 15.4. The van der Waals surface area contributed by atoms with Gasteiger partial charge in [0.15, 0.2) is 0 Å². The molecular weight excluding hydrogens is 466 g/mol. The number of piperazine rings is 1. The van der Waals surface area contributed by atoms with Crippen LogP contribution in [0.15, 0.2) is 70.9 Å². The lowest BCUT2D eigenvalue weighted by Crippen LogP contribution is -2.46. The van der Waals surface area contributed by atoms with Crippen molar-refractivity contribution >= 4 is 34.2 Å². The van der Waals surface area contributed by atoms with Gasteiger partial charge in [-0.25, -0.2) is 4.98 Å². The number of aromatic amines is 1. The fraction of sp³-hybridized carbons (Fsp3) is 0.321. The van der Waals surface area contributed by atoms with Crippen LogP contribution in [0.2, 0.25) is 0 Å². The van der Waals surface area contributed by atoms with E-state index < -0.39 is 0 Å². The number of nitrogens with two attached hydrogens (primary N) is 1. The number of nitrogens with zero attached hydrogens (tertiary/aromatic N) is 4. The number of rotatable bonds is 10. The molecule has 1 aliphatic heterocycles. The minimum absolute atomic E-state index is 0.226. The first kappa shape index (κ1) is 26.1. The van der Waals surface area contributed by atoms with E-state index in [-0.39, 0.29) is 5.56 Å². The average molecular weight is 502 g/mol. The van der Waals surface area contributed by atoms with E-state index in [1.165, 1.54) is 25.1 Å². The number of hydrogen-bond donors (Lipinski definition) is 3. The molecule has 1 aromatic carbocycles. The smallest absolute Gasteiger partial charge is 0.259 e. The van der Waals surface area contributed by atoms with Crippen LogP contribution in [0, 0.1) is 0 Å². The van der Waals surface area contributed by atoms with Gasteiger partial charge in [-0.2, -0.15) is 0 Å². The molecular formula is C28H35N7O2. The number of methoxy groups -OCH3 is 1. The van der Waals surface area contributed by atoms with Crippen molar-refractivity contribution < 1.29 is 4.74 Å². The highest BCUT2D eigenvalue weighted by atomic mass is 16.5. The highest BCUT2D eigenvalue weighted by Gasteiger charge is 2.15. The molecule has 0 aliphatic carbocycles. The second-order valence-corrected chi connectivity index (χ2v) is 9.01. The molecule has 0 unspecified atom stereocenters. The van der Waals surface area contributed by atoms with Crippen LogP contribution in [0.4, 0.5) is 11.5 Å². The molecule has 1 saturated heterocycles. The van der Waals surface area contributed by atoms with Gasteiger partial charge in [-0.3, -0.25) is 9.79 Å². The largest absolute Gasteiger partial charge is 0.496 e. The molecule has 1 aliphatic rings. The highest BCUT2D eigenvalue weighted by Crippen LogP contribution is 2.25. The molecule has 3 aromatic rings. The third-order valence-corrected chi connectivity index (χ3v) is 6.59. The van der Waals surface area contributed by atoms with Crippen molar-refractivity contribution in [3.05, 3.63) is 82.7 Å². The summed E-state index contributed by atoms with van der Waals surface area (Å²) in [4.78, 5) is 29.2. The Labute approximate surface area is 217 Å². The van der Waals surface area contributed by atoms with Crippen molar-refractivity contribution in [2.45, 2.75) is 13.3 Å². The Kier molecular flexibility index (Phi) is 8.71. The first-order chi connectivity index (χ1) is 18.0. The number of fused-ring (bicyclic) bond motifs is 1. The molecule has 2 aromatic heterocycles. The summed E-state index contributed by atoms with van der Waals surface area (Å²) in [6, 6.07) is 11.9. The zero-order chi connectivity index (χ0) is 26.2. The first-order valence-electron chi connectivity index (χ1n) is 12.5. The van der Waals surface area contributed by atoms with Crippen LogP contribution in [0.25, 0.3) is 16.5 Å². The van der Waals surface area contributed by atoms with Gasteiger partial charge in [0.1, 0.15) is 11.6 Å². The van der Waals surface area contributed by atoms with Crippen LogP contribution >= 0.6 is 0 Å². The molecule has 4 N–H and O–H groups in total. The molecule has 9 heteroatoms. The summed E-state index contributed by atoms with van der Waals surface area (Å²) in [5.74, 6) is 0.837. The van der Waals surface area contributed by atoms with Crippen LogP contribution in [0.1, 0.15) is 18.2 Å². The number of benzene rings is 1. The number of likely N-dealkylation sites (N-methyl/N-ethyl adjacent to an activating group) is 1. The predicted octanol–water partition coefficient (Wildman–Crippen LogP) is 3.33. The van der Waals surface area contributed by atoms with Crippen molar-refractivity contribution in [3.8, 4) is 0 Å². The Hall–Kier alpha value is -3.95. The number of aromatic nitrogens is 2. The quantitative estimate of drug-likeness (QED) is 0.289. The van der Waals surface area contributed by atoms with E-state index in [2.05, 4.69) is 55.7 Å². The second kappa shape index (κ2) is 12.3. The monoisotopic (exact) mass is 501 g/mol. The summed E-state index contributed by atoms with van der Waals surface area (Å²) in [5.41, 5.74) is 8.97. The third kappa shape index (κ3) is 6.84. The Morgan fingerprint density at radius 2 is 1.95 bits per heavy atom. The zero-order valence-electron chi connectivity index (χ0n) is 21.5. The Morgan fingerprint density at radius 3 is 2.65 bits per heavy atom. The maximum Gasteiger partial charge on any atom is 0.259 e. The SMILES string of the molecule is C=C(/C=N\C=C(/N)c1cc2cc[nH]c(=O)c2c(Nc2ccc(CCN3CCN(CC)CC3)cc2)n1)OC. The van der Waals surface area contributed by atoms with Gasteiger partial charge >= 0.3 is 0 Å². The molecule has 1 fully saturated rings. The summed E-state index contributed by atoms with van der Waals surface area (Å²) in [7, 11) is 1.52. The lowest BCUT2D eigenvalue weighted by Gasteiger charge is -2.34. The molecule has 9 nitrogen and oxygen atoms in total. The number of ether oxygens (including phenoxy) is 1. The van der Waals surface area contributed by atoms with Crippen LogP contribution in [0.5, 0.6) is 0 Å². The van der Waals surface area contributed by atoms with Crippen LogP contribution in [0.3, 0.4) is 0 Å². The fourth-order valence-corrected chi connectivity index (χ4v) is 4.28. The van der Waals surface area contributed by atoms with E-state index in [0.717, 1.165) is 56.8 Å². The number of hydrogen-bond acceptors (Lipinski definition) is 8. The molecule has 0 bridgehead atoms. The van der Waals surface area contributed by atoms with Crippen LogP contribution < -0.4 is 16.6 Å². The third-order valence-electron chi connectivity index (χ3n) is 6.59. The van der Waals surface area contributed by atoms with E-state index in [1.807, 2.05) is 18.2 Å². The van der Waals surface area contributed by atoms with Crippen molar-refractivity contribution in [2.75, 3.05) is 51.7 Å². The van der Waals surface area contributed by atoms with Gasteiger partial charge in [0.25, 0.3) is 5.56 Å². The summed E-state index contributed by atoms with van der Waals surface area (Å²) in [5, 5.41) is 4.49. The predicted molar refractivity (Wildman–Crippen MR) is 151 cm³/mol. The minimum Gasteiger partial charge on any atom is -0.496 e. The van der Waals surface area contributed by atoms with Gasteiger partial charge in [-0.15, -0.1) is 0 Å². The molecule has 0 amide bonds. The minimum atomic E-state index is -0.226. The summed E-state index contributed by atoms with van der Waals surface area (Å²) in [6.07, 6.45) is 5.55. The topological polar surface area (TPSA) is 112 Å². The molecule has 0 atom stereocenters. The maximum atomic E-state index is 12.6. The van der Waals surface area contributed by atoms with E-state index in [9.17, 15) is 4.79 Å².